The largest absolute Gasteiger partial charge is 0.305 e. The predicted octanol–water partition coefficient (Wildman–Crippen LogP) is 10.3. The molecule has 4 aromatic rings. The van der Waals surface area contributed by atoms with Gasteiger partial charge in [-0.15, -0.1) is 34.9 Å². The average molecular weight is 798 g/mol. The van der Waals surface area contributed by atoms with E-state index >= 15 is 0 Å². The van der Waals surface area contributed by atoms with Crippen LogP contribution in [0.5, 0.6) is 0 Å². The molecular formula is C37H58FIrN2Si2-. The van der Waals surface area contributed by atoms with E-state index in [9.17, 15) is 0 Å². The molecule has 2 aromatic carbocycles. The SMILES string of the molecule is C.C.C.Cc1[c-]c(-c2cc(C)c([Si](C)(C)C)cn2)cc(C)c1.Cc1cc(C)cc(-c2cc(C)c([Si](C)(C)C)cn2)c1.F.[Ir]. The second-order valence-electron chi connectivity index (χ2n) is 12.9. The van der Waals surface area contributed by atoms with Crippen molar-refractivity contribution in [1.82, 2.24) is 9.97 Å². The molecule has 0 amide bonds. The minimum absolute atomic E-state index is 0. The maximum atomic E-state index is 4.69. The second-order valence-corrected chi connectivity index (χ2v) is 23.0. The monoisotopic (exact) mass is 798 g/mol. The van der Waals surface area contributed by atoms with E-state index in [0.29, 0.717) is 0 Å². The van der Waals surface area contributed by atoms with Gasteiger partial charge in [-0.3, -0.25) is 9.69 Å². The number of rotatable bonds is 4. The van der Waals surface area contributed by atoms with Crippen molar-refractivity contribution >= 4 is 26.5 Å². The molecule has 43 heavy (non-hydrogen) atoms. The summed E-state index contributed by atoms with van der Waals surface area (Å²) in [7, 11) is -2.58. The van der Waals surface area contributed by atoms with E-state index in [1.165, 1.54) is 49.3 Å². The summed E-state index contributed by atoms with van der Waals surface area (Å²) in [6.45, 7) is 27.1. The smallest absolute Gasteiger partial charge is 0.0799 e. The first kappa shape index (κ1) is 45.2. The molecule has 0 atom stereocenters. The Hall–Kier alpha value is -2.25. The van der Waals surface area contributed by atoms with Crippen LogP contribution < -0.4 is 10.4 Å². The van der Waals surface area contributed by atoms with E-state index in [1.807, 2.05) is 0 Å². The minimum Gasteiger partial charge on any atom is -0.305 e. The van der Waals surface area contributed by atoms with Gasteiger partial charge in [-0.2, -0.15) is 0 Å². The van der Waals surface area contributed by atoms with Gasteiger partial charge in [-0.05, 0) is 67.5 Å². The fourth-order valence-electron chi connectivity index (χ4n) is 5.14. The van der Waals surface area contributed by atoms with Crippen LogP contribution in [-0.4, -0.2) is 26.1 Å². The maximum Gasteiger partial charge on any atom is 0.0799 e. The van der Waals surface area contributed by atoms with E-state index in [0.717, 1.165) is 17.0 Å². The quantitative estimate of drug-likeness (QED) is 0.152. The van der Waals surface area contributed by atoms with E-state index in [2.05, 4.69) is 147 Å². The summed E-state index contributed by atoms with van der Waals surface area (Å²) >= 11 is 0. The van der Waals surface area contributed by atoms with Crippen LogP contribution in [0, 0.1) is 47.6 Å². The summed E-state index contributed by atoms with van der Waals surface area (Å²) in [5.74, 6) is 0. The van der Waals surface area contributed by atoms with Gasteiger partial charge in [0.2, 0.25) is 0 Å². The van der Waals surface area contributed by atoms with Gasteiger partial charge in [0, 0.05) is 38.1 Å². The van der Waals surface area contributed by atoms with Crippen LogP contribution in [0.3, 0.4) is 0 Å². The molecule has 0 N–H and O–H groups in total. The summed E-state index contributed by atoms with van der Waals surface area (Å²) < 4.78 is 0. The maximum absolute atomic E-state index is 4.69. The molecule has 2 nitrogen and oxygen atoms in total. The minimum atomic E-state index is -1.30. The molecular weight excluding hydrogens is 740 g/mol. The van der Waals surface area contributed by atoms with Crippen molar-refractivity contribution in [3.8, 4) is 22.5 Å². The summed E-state index contributed by atoms with van der Waals surface area (Å²) in [6, 6.07) is 18.8. The number of hydrogen-bond donors (Lipinski definition) is 0. The molecule has 241 valence electrons. The first-order chi connectivity index (χ1) is 17.5. The molecule has 0 fully saturated rings. The van der Waals surface area contributed by atoms with E-state index in [-0.39, 0.29) is 47.1 Å². The van der Waals surface area contributed by atoms with Gasteiger partial charge in [0.15, 0.2) is 0 Å². The third-order valence-corrected chi connectivity index (χ3v) is 11.1. The van der Waals surface area contributed by atoms with Crippen molar-refractivity contribution in [3.05, 3.63) is 94.3 Å². The van der Waals surface area contributed by atoms with Crippen LogP contribution in [-0.2, 0) is 20.1 Å². The molecule has 6 heteroatoms. The number of aryl methyl sites for hydroxylation is 6. The molecule has 0 unspecified atom stereocenters. The van der Waals surface area contributed by atoms with Gasteiger partial charge in [-0.1, -0.05) is 104 Å². The second kappa shape index (κ2) is 17.9. The molecule has 0 saturated heterocycles. The Morgan fingerprint density at radius 1 is 0.535 bits per heavy atom. The third-order valence-electron chi connectivity index (χ3n) is 6.78. The summed E-state index contributed by atoms with van der Waals surface area (Å²) in [5.41, 5.74) is 12.2. The van der Waals surface area contributed by atoms with Gasteiger partial charge >= 0.3 is 0 Å². The normalized spacial score (nSPS) is 10.3. The van der Waals surface area contributed by atoms with E-state index in [1.54, 1.807) is 0 Å². The van der Waals surface area contributed by atoms with Gasteiger partial charge in [0.25, 0.3) is 0 Å². The van der Waals surface area contributed by atoms with Crippen LogP contribution in [0.15, 0.2) is 54.9 Å². The zero-order chi connectivity index (χ0) is 28.4. The predicted molar refractivity (Wildman–Crippen MR) is 195 cm³/mol. The van der Waals surface area contributed by atoms with Crippen LogP contribution in [0.2, 0.25) is 39.3 Å². The first-order valence-corrected chi connectivity index (χ1v) is 20.6. The van der Waals surface area contributed by atoms with Gasteiger partial charge < -0.3 is 4.98 Å². The Balaban J connectivity index is -0.000000667. The van der Waals surface area contributed by atoms with Crippen molar-refractivity contribution in [2.75, 3.05) is 0 Å². The summed E-state index contributed by atoms with van der Waals surface area (Å²) in [6.07, 6.45) is 4.16. The summed E-state index contributed by atoms with van der Waals surface area (Å²) in [5, 5.41) is 2.90. The van der Waals surface area contributed by atoms with Crippen LogP contribution >= 0.6 is 0 Å². The van der Waals surface area contributed by atoms with Crippen LogP contribution in [0.25, 0.3) is 22.5 Å². The van der Waals surface area contributed by atoms with Crippen molar-refractivity contribution in [2.45, 2.75) is 103 Å². The molecule has 0 aliphatic heterocycles. The Morgan fingerprint density at radius 2 is 0.930 bits per heavy atom. The van der Waals surface area contributed by atoms with Gasteiger partial charge in [0.05, 0.1) is 21.8 Å². The standard InChI is InChI=1S/C17H23NSi.C17H22NSi.3CH4.FH.Ir/c2*1-12-7-13(2)9-15(8-12)16-10-14(3)17(11-18-16)19(4,5)6;;;;;/h7-11H,1-6H3;7-8,10-11H,1-6H3;3*1H4;1H;/q;-1;;;;;. The Bertz CT molecular complexity index is 1300. The number of hydrogen-bond acceptors (Lipinski definition) is 2. The molecule has 4 rings (SSSR count). The van der Waals surface area contributed by atoms with Crippen molar-refractivity contribution < 1.29 is 24.8 Å². The molecule has 0 spiro atoms. The zero-order valence-electron chi connectivity index (χ0n) is 26.3. The van der Waals surface area contributed by atoms with Crippen LogP contribution in [0.4, 0.5) is 4.70 Å². The fourth-order valence-corrected chi connectivity index (χ4v) is 8.56. The van der Waals surface area contributed by atoms with Crippen molar-refractivity contribution in [2.24, 2.45) is 0 Å². The number of benzene rings is 2. The first-order valence-electron chi connectivity index (χ1n) is 13.6. The topological polar surface area (TPSA) is 25.8 Å². The van der Waals surface area contributed by atoms with Gasteiger partial charge in [0.1, 0.15) is 0 Å². The zero-order valence-corrected chi connectivity index (χ0v) is 30.7. The Kier molecular flexibility index (Phi) is 18.8. The van der Waals surface area contributed by atoms with Crippen molar-refractivity contribution in [1.29, 1.82) is 0 Å². The van der Waals surface area contributed by atoms with Gasteiger partial charge in [-0.25, -0.2) is 0 Å². The Morgan fingerprint density at radius 3 is 1.33 bits per heavy atom. The molecule has 1 radical (unpaired) electrons. The van der Waals surface area contributed by atoms with Crippen LogP contribution in [0.1, 0.15) is 55.7 Å². The average Bonchev–Trinajstić information content (AvgIpc) is 2.76. The molecule has 0 saturated carbocycles. The molecule has 0 aliphatic carbocycles. The Labute approximate surface area is 280 Å². The molecule has 0 bridgehead atoms. The van der Waals surface area contributed by atoms with E-state index < -0.39 is 16.1 Å². The molecule has 2 heterocycles. The number of halogens is 1. The third kappa shape index (κ3) is 12.3. The molecule has 0 aliphatic rings. The molecule has 2 aromatic heterocycles. The summed E-state index contributed by atoms with van der Waals surface area (Å²) in [4.78, 5) is 9.36. The number of nitrogens with zero attached hydrogens (tertiary/aromatic N) is 2. The van der Waals surface area contributed by atoms with Crippen molar-refractivity contribution in [3.63, 3.8) is 0 Å². The fraction of sp³-hybridized carbons (Fsp3) is 0.405. The number of pyridine rings is 2. The van der Waals surface area contributed by atoms with E-state index in [4.69, 9.17) is 4.98 Å². The number of aromatic nitrogens is 2.